The summed E-state index contributed by atoms with van der Waals surface area (Å²) in [6.45, 7) is 0. The van der Waals surface area contributed by atoms with Crippen molar-refractivity contribution in [1.82, 2.24) is 8.80 Å². The van der Waals surface area contributed by atoms with Gasteiger partial charge in [0.25, 0.3) is 0 Å². The molecular formula is C78H48N4O. The first-order valence-corrected chi connectivity index (χ1v) is 28.5. The summed E-state index contributed by atoms with van der Waals surface area (Å²) in [4.78, 5) is 4.80. The predicted octanol–water partition coefficient (Wildman–Crippen LogP) is 21.8. The third kappa shape index (κ3) is 6.83. The number of nitrogens with zero attached hydrogens (tertiary/aromatic N) is 4. The molecular weight excluding hydrogens is 1010 g/mol. The van der Waals surface area contributed by atoms with E-state index in [0.29, 0.717) is 0 Å². The SMILES string of the molecule is c1ccc(-c2cccc(N(c3cccc(-c4ccccc4)c3)c3ccc4c(c3)c3cccc5c6cc7c(cc6n4c35)c3cccc4c5cc(N(c6cccc(-c8ccccc8)c6)c6cccc8c6oc6ccccc68)ccc5n7c43)c2)cc1. The second-order valence-electron chi connectivity index (χ2n) is 22.0. The van der Waals surface area contributed by atoms with Crippen molar-refractivity contribution in [3.05, 3.63) is 291 Å². The molecule has 5 aromatic heterocycles. The van der Waals surface area contributed by atoms with Gasteiger partial charge in [0.05, 0.1) is 38.8 Å². The van der Waals surface area contributed by atoms with Gasteiger partial charge in [0, 0.05) is 82.3 Å². The smallest absolute Gasteiger partial charge is 0.159 e. The second kappa shape index (κ2) is 17.7. The van der Waals surface area contributed by atoms with Crippen molar-refractivity contribution in [3.63, 3.8) is 0 Å². The Balaban J connectivity index is 0.812. The fourth-order valence-electron chi connectivity index (χ4n) is 13.9. The van der Waals surface area contributed by atoms with Crippen LogP contribution in [0.5, 0.6) is 0 Å². The summed E-state index contributed by atoms with van der Waals surface area (Å²) in [6.07, 6.45) is 0. The van der Waals surface area contributed by atoms with Gasteiger partial charge in [0.15, 0.2) is 5.58 Å². The highest BCUT2D eigenvalue weighted by atomic mass is 16.3. The number of furan rings is 1. The molecule has 0 aliphatic rings. The Morgan fingerprint density at radius 3 is 1.08 bits per heavy atom. The first kappa shape index (κ1) is 45.7. The van der Waals surface area contributed by atoms with Gasteiger partial charge in [-0.25, -0.2) is 0 Å². The second-order valence-corrected chi connectivity index (χ2v) is 22.0. The minimum absolute atomic E-state index is 0.859. The van der Waals surface area contributed by atoms with E-state index in [2.05, 4.69) is 304 Å². The Morgan fingerprint density at radius 2 is 0.590 bits per heavy atom. The average molecular weight is 1060 g/mol. The Hall–Kier alpha value is -11.1. The molecule has 5 heterocycles. The third-order valence-corrected chi connectivity index (χ3v) is 17.5. The van der Waals surface area contributed by atoms with E-state index >= 15 is 0 Å². The van der Waals surface area contributed by atoms with Crippen LogP contribution < -0.4 is 9.80 Å². The maximum atomic E-state index is 6.78. The predicted molar refractivity (Wildman–Crippen MR) is 349 cm³/mol. The highest BCUT2D eigenvalue weighted by Gasteiger charge is 2.26. The molecule has 0 aliphatic carbocycles. The number of hydrogen-bond acceptors (Lipinski definition) is 3. The number of anilines is 6. The molecule has 0 N–H and O–H groups in total. The lowest BCUT2D eigenvalue weighted by atomic mass is 10.0. The quantitative estimate of drug-likeness (QED) is 0.144. The van der Waals surface area contributed by atoms with Gasteiger partial charge in [-0.3, -0.25) is 0 Å². The largest absolute Gasteiger partial charge is 0.454 e. The zero-order valence-electron chi connectivity index (χ0n) is 44.9. The zero-order chi connectivity index (χ0) is 54.3. The fourth-order valence-corrected chi connectivity index (χ4v) is 13.9. The summed E-state index contributed by atoms with van der Waals surface area (Å²) in [7, 11) is 0. The van der Waals surface area contributed by atoms with Crippen LogP contribution in [0.3, 0.4) is 0 Å². The van der Waals surface area contributed by atoms with E-state index in [1.54, 1.807) is 0 Å². The lowest BCUT2D eigenvalue weighted by molar-refractivity contribution is 0.669. The molecule has 5 heteroatoms. The molecule has 0 fully saturated rings. The molecule has 0 radical (unpaired) electrons. The summed E-state index contributed by atoms with van der Waals surface area (Å²) in [5.74, 6) is 0. The molecule has 0 unspecified atom stereocenters. The van der Waals surface area contributed by atoms with Crippen molar-refractivity contribution >= 4 is 132 Å². The summed E-state index contributed by atoms with van der Waals surface area (Å²) in [5, 5.41) is 12.1. The molecule has 0 saturated carbocycles. The van der Waals surface area contributed by atoms with Crippen molar-refractivity contribution in [3.8, 4) is 33.4 Å². The number of benzene rings is 13. The van der Waals surface area contributed by atoms with E-state index in [-0.39, 0.29) is 0 Å². The molecule has 13 aromatic carbocycles. The van der Waals surface area contributed by atoms with Gasteiger partial charge in [0.1, 0.15) is 5.58 Å². The number of aromatic nitrogens is 2. The molecule has 0 atom stereocenters. The molecule has 18 rings (SSSR count). The number of para-hydroxylation sites is 4. The molecule has 83 heavy (non-hydrogen) atoms. The van der Waals surface area contributed by atoms with Crippen LogP contribution in [-0.4, -0.2) is 8.80 Å². The van der Waals surface area contributed by atoms with Crippen molar-refractivity contribution in [2.24, 2.45) is 0 Å². The van der Waals surface area contributed by atoms with Crippen molar-refractivity contribution in [2.75, 3.05) is 9.80 Å². The summed E-state index contributed by atoms with van der Waals surface area (Å²) >= 11 is 0. The highest BCUT2D eigenvalue weighted by Crippen LogP contribution is 2.49. The van der Waals surface area contributed by atoms with Crippen LogP contribution in [0.1, 0.15) is 0 Å². The molecule has 0 saturated heterocycles. The van der Waals surface area contributed by atoms with E-state index < -0.39 is 0 Å². The topological polar surface area (TPSA) is 28.4 Å². The minimum Gasteiger partial charge on any atom is -0.454 e. The summed E-state index contributed by atoms with van der Waals surface area (Å²) in [5.41, 5.74) is 22.5. The number of fused-ring (bicyclic) bond motifs is 15. The van der Waals surface area contributed by atoms with Crippen LogP contribution in [-0.2, 0) is 0 Å². The first-order valence-electron chi connectivity index (χ1n) is 28.5. The molecule has 5 nitrogen and oxygen atoms in total. The summed E-state index contributed by atoms with van der Waals surface area (Å²) in [6, 6.07) is 106. The van der Waals surface area contributed by atoms with Gasteiger partial charge in [-0.05, 0) is 130 Å². The van der Waals surface area contributed by atoms with Crippen LogP contribution in [0.25, 0.3) is 132 Å². The third-order valence-electron chi connectivity index (χ3n) is 17.5. The molecule has 0 spiro atoms. The fraction of sp³-hybridized carbons (Fsp3) is 0. The monoisotopic (exact) mass is 1060 g/mol. The van der Waals surface area contributed by atoms with Crippen LogP contribution >= 0.6 is 0 Å². The van der Waals surface area contributed by atoms with E-state index in [1.165, 1.54) is 104 Å². The molecule has 18 aromatic rings. The average Bonchev–Trinajstić information content (AvgIpc) is 3.73. The van der Waals surface area contributed by atoms with E-state index in [0.717, 1.165) is 61.6 Å². The minimum atomic E-state index is 0.859. The van der Waals surface area contributed by atoms with E-state index in [9.17, 15) is 0 Å². The van der Waals surface area contributed by atoms with Gasteiger partial charge in [0.2, 0.25) is 0 Å². The summed E-state index contributed by atoms with van der Waals surface area (Å²) < 4.78 is 11.8. The van der Waals surface area contributed by atoms with Crippen molar-refractivity contribution in [1.29, 1.82) is 0 Å². The van der Waals surface area contributed by atoms with Crippen LogP contribution in [0.15, 0.2) is 296 Å². The van der Waals surface area contributed by atoms with Gasteiger partial charge in [-0.1, -0.05) is 194 Å². The normalized spacial score (nSPS) is 12.1. The van der Waals surface area contributed by atoms with E-state index in [4.69, 9.17) is 4.42 Å². The Kier molecular flexibility index (Phi) is 9.73. The zero-order valence-corrected chi connectivity index (χ0v) is 44.9. The van der Waals surface area contributed by atoms with E-state index in [1.807, 2.05) is 6.07 Å². The van der Waals surface area contributed by atoms with Gasteiger partial charge >= 0.3 is 0 Å². The van der Waals surface area contributed by atoms with Crippen molar-refractivity contribution < 1.29 is 4.42 Å². The number of rotatable bonds is 9. The maximum Gasteiger partial charge on any atom is 0.159 e. The molecule has 0 aliphatic heterocycles. The lowest BCUT2D eigenvalue weighted by Gasteiger charge is -2.27. The maximum absolute atomic E-state index is 6.78. The Labute approximate surface area is 477 Å². The van der Waals surface area contributed by atoms with Crippen LogP contribution in [0, 0.1) is 0 Å². The van der Waals surface area contributed by atoms with Gasteiger partial charge in [-0.2, -0.15) is 0 Å². The van der Waals surface area contributed by atoms with Gasteiger partial charge in [-0.15, -0.1) is 0 Å². The molecule has 0 bridgehead atoms. The number of hydrogen-bond donors (Lipinski definition) is 0. The van der Waals surface area contributed by atoms with Crippen molar-refractivity contribution in [2.45, 2.75) is 0 Å². The van der Waals surface area contributed by atoms with Crippen LogP contribution in [0.4, 0.5) is 34.1 Å². The lowest BCUT2D eigenvalue weighted by Crippen LogP contribution is -2.10. The molecule has 0 amide bonds. The standard InChI is InChI=1S/C78H48N4O/c1-4-18-49(19-5-1)52-24-12-27-55(42-52)79(56-28-13-25-53(43-56)50-20-6-2-7-21-50)58-38-40-70-66(45-58)61-31-15-33-63-68-48-74-69(47-73(68)81(70)76(61)63)64-34-16-32-62-67-46-59(39-41-71(67)82(74)77(62)64)80(57-29-14-26-54(44-57)51-22-8-3-9-23-51)72-36-17-35-65-60-30-10-11-37-75(60)83-78(65)72/h1-48H. The Morgan fingerprint density at radius 1 is 0.229 bits per heavy atom. The van der Waals surface area contributed by atoms with Crippen LogP contribution in [0.2, 0.25) is 0 Å². The highest BCUT2D eigenvalue weighted by molar-refractivity contribution is 6.29. The van der Waals surface area contributed by atoms with Gasteiger partial charge < -0.3 is 23.0 Å². The Bertz CT molecular complexity index is 5500. The first-order chi connectivity index (χ1) is 41.2. The molecule has 386 valence electrons.